The minimum Gasteiger partial charge on any atom is -0.462 e. The molecule has 0 aliphatic rings. The lowest BCUT2D eigenvalue weighted by atomic mass is 10.1. The van der Waals surface area contributed by atoms with Gasteiger partial charge < -0.3 is 14.2 Å². The van der Waals surface area contributed by atoms with Crippen molar-refractivity contribution in [3.63, 3.8) is 0 Å². The third kappa shape index (κ3) is 51.9. The van der Waals surface area contributed by atoms with Crippen molar-refractivity contribution < 1.29 is 28.6 Å². The number of esters is 3. The first kappa shape index (κ1) is 62.1. The predicted molar refractivity (Wildman–Crippen MR) is 279 cm³/mol. The Morgan fingerprint density at radius 3 is 0.954 bits per heavy atom. The summed E-state index contributed by atoms with van der Waals surface area (Å²) in [6.45, 7) is 6.51. The van der Waals surface area contributed by atoms with Gasteiger partial charge >= 0.3 is 17.9 Å². The topological polar surface area (TPSA) is 78.9 Å². The summed E-state index contributed by atoms with van der Waals surface area (Å²) < 4.78 is 16.8. The Bertz CT molecular complexity index is 1180. The van der Waals surface area contributed by atoms with Crippen LogP contribution >= 0.6 is 0 Å². The fraction of sp³-hybridized carbons (Fsp3) is 0.780. The largest absolute Gasteiger partial charge is 0.462 e. The zero-order valence-electron chi connectivity index (χ0n) is 43.0. The van der Waals surface area contributed by atoms with Crippen molar-refractivity contribution in [1.82, 2.24) is 0 Å². The van der Waals surface area contributed by atoms with Crippen LogP contribution in [0.4, 0.5) is 0 Å². The summed E-state index contributed by atoms with van der Waals surface area (Å²) in [7, 11) is 0. The maximum atomic E-state index is 12.8. The van der Waals surface area contributed by atoms with Crippen molar-refractivity contribution in [2.75, 3.05) is 13.2 Å². The van der Waals surface area contributed by atoms with Crippen LogP contribution in [-0.4, -0.2) is 37.2 Å². The Hall–Kier alpha value is -2.89. The summed E-state index contributed by atoms with van der Waals surface area (Å²) in [5, 5.41) is 0. The molecule has 6 nitrogen and oxygen atoms in total. The van der Waals surface area contributed by atoms with E-state index in [0.717, 1.165) is 96.3 Å². The van der Waals surface area contributed by atoms with Gasteiger partial charge in [0.05, 0.1) is 0 Å². The molecule has 376 valence electrons. The normalized spacial score (nSPS) is 12.5. The number of rotatable bonds is 50. The van der Waals surface area contributed by atoms with E-state index in [9.17, 15) is 14.4 Å². The predicted octanol–water partition coefficient (Wildman–Crippen LogP) is 18.4. The molecule has 0 fully saturated rings. The van der Waals surface area contributed by atoms with Crippen LogP contribution in [0.2, 0.25) is 0 Å². The Labute approximate surface area is 402 Å². The van der Waals surface area contributed by atoms with E-state index in [1.807, 2.05) is 0 Å². The number of carbonyl (C=O) groups is 3. The lowest BCUT2D eigenvalue weighted by molar-refractivity contribution is -0.167. The van der Waals surface area contributed by atoms with E-state index in [1.165, 1.54) is 141 Å². The van der Waals surface area contributed by atoms with Crippen LogP contribution in [0.5, 0.6) is 0 Å². The van der Waals surface area contributed by atoms with E-state index >= 15 is 0 Å². The lowest BCUT2D eigenvalue weighted by Gasteiger charge is -2.18. The molecule has 0 N–H and O–H groups in total. The minimum absolute atomic E-state index is 0.0826. The van der Waals surface area contributed by atoms with E-state index in [2.05, 4.69) is 81.5 Å². The molecule has 0 spiro atoms. The second-order valence-electron chi connectivity index (χ2n) is 18.5. The van der Waals surface area contributed by atoms with Crippen molar-refractivity contribution in [1.29, 1.82) is 0 Å². The number of hydrogen-bond donors (Lipinski definition) is 0. The molecule has 0 bridgehead atoms. The van der Waals surface area contributed by atoms with Gasteiger partial charge in [0.25, 0.3) is 0 Å². The summed E-state index contributed by atoms with van der Waals surface area (Å²) in [6, 6.07) is 0. The van der Waals surface area contributed by atoms with Gasteiger partial charge in [-0.3, -0.25) is 14.4 Å². The molecule has 0 saturated heterocycles. The highest BCUT2D eigenvalue weighted by Gasteiger charge is 2.19. The second-order valence-corrected chi connectivity index (χ2v) is 18.5. The van der Waals surface area contributed by atoms with Crippen LogP contribution in [-0.2, 0) is 28.6 Å². The highest BCUT2D eigenvalue weighted by atomic mass is 16.6. The molecular weight excluding hydrogens is 805 g/mol. The van der Waals surface area contributed by atoms with Gasteiger partial charge in [-0.05, 0) is 83.5 Å². The third-order valence-corrected chi connectivity index (χ3v) is 12.0. The smallest absolute Gasteiger partial charge is 0.306 e. The summed E-state index contributed by atoms with van der Waals surface area (Å²) in [4.78, 5) is 38.0. The van der Waals surface area contributed by atoms with Gasteiger partial charge in [0.15, 0.2) is 6.10 Å². The standard InChI is InChI=1S/C59H104O6/c1-4-7-10-13-16-19-22-24-26-28-29-31-32-34-37-40-43-46-49-52-58(61)64-55-56(54-63-57(60)51-48-45-42-39-36-21-18-15-12-9-6-3)65-59(62)53-50-47-44-41-38-35-33-30-27-25-23-20-17-14-11-8-5-2/h8,11,17,20,24-27,33,35,56H,4-7,9-10,12-16,18-19,21-23,28-32,34,36-55H2,1-3H3/b11-8-,20-17-,26-24-,27-25-,35-33-. The molecule has 65 heavy (non-hydrogen) atoms. The van der Waals surface area contributed by atoms with E-state index in [0.29, 0.717) is 19.3 Å². The van der Waals surface area contributed by atoms with Gasteiger partial charge in [-0.2, -0.15) is 0 Å². The van der Waals surface area contributed by atoms with Crippen molar-refractivity contribution in [2.45, 2.75) is 284 Å². The average Bonchev–Trinajstić information content (AvgIpc) is 3.30. The molecular formula is C59H104O6. The molecule has 0 aromatic heterocycles. The number of unbranched alkanes of at least 4 members (excludes halogenated alkanes) is 29. The summed E-state index contributed by atoms with van der Waals surface area (Å²) in [6.07, 6.45) is 66.4. The zero-order valence-corrected chi connectivity index (χ0v) is 43.0. The maximum Gasteiger partial charge on any atom is 0.306 e. The SMILES string of the molecule is CC/C=C\C/C=C\C/C=C\C/C=C\CCCCCCC(=O)OC(COC(=O)CCCCCCCCCCC/C=C\CCCCCCCC)COC(=O)CCCCCCCCCCCCC. The molecule has 0 aliphatic carbocycles. The molecule has 0 saturated carbocycles. The van der Waals surface area contributed by atoms with Gasteiger partial charge in [-0.1, -0.05) is 236 Å². The molecule has 0 amide bonds. The average molecular weight is 909 g/mol. The van der Waals surface area contributed by atoms with Crippen LogP contribution in [0.25, 0.3) is 0 Å². The molecule has 0 aliphatic heterocycles. The Morgan fingerprint density at radius 2 is 0.600 bits per heavy atom. The maximum absolute atomic E-state index is 12.8. The summed E-state index contributed by atoms with van der Waals surface area (Å²) in [5.74, 6) is -0.900. The fourth-order valence-electron chi connectivity index (χ4n) is 7.84. The van der Waals surface area contributed by atoms with Gasteiger partial charge in [-0.15, -0.1) is 0 Å². The quantitative estimate of drug-likeness (QED) is 0.0262. The number of carbonyl (C=O) groups excluding carboxylic acids is 3. The van der Waals surface area contributed by atoms with Gasteiger partial charge in [0, 0.05) is 19.3 Å². The summed E-state index contributed by atoms with van der Waals surface area (Å²) in [5.41, 5.74) is 0. The molecule has 0 aromatic carbocycles. The Balaban J connectivity index is 4.36. The molecule has 1 unspecified atom stereocenters. The molecule has 0 rings (SSSR count). The van der Waals surface area contributed by atoms with Gasteiger partial charge in [0.1, 0.15) is 13.2 Å². The molecule has 0 heterocycles. The number of ether oxygens (including phenoxy) is 3. The Morgan fingerprint density at radius 1 is 0.323 bits per heavy atom. The van der Waals surface area contributed by atoms with Crippen LogP contribution < -0.4 is 0 Å². The van der Waals surface area contributed by atoms with Gasteiger partial charge in [0.2, 0.25) is 0 Å². The zero-order chi connectivity index (χ0) is 47.2. The van der Waals surface area contributed by atoms with Crippen molar-refractivity contribution in [2.24, 2.45) is 0 Å². The van der Waals surface area contributed by atoms with Crippen LogP contribution in [0.15, 0.2) is 60.8 Å². The molecule has 6 heteroatoms. The third-order valence-electron chi connectivity index (χ3n) is 12.0. The first-order valence-electron chi connectivity index (χ1n) is 27.8. The highest BCUT2D eigenvalue weighted by molar-refractivity contribution is 5.71. The minimum atomic E-state index is -0.785. The van der Waals surface area contributed by atoms with Crippen molar-refractivity contribution >= 4 is 17.9 Å². The second kappa shape index (κ2) is 53.7. The molecule has 0 aromatic rings. The number of hydrogen-bond acceptors (Lipinski definition) is 6. The van der Waals surface area contributed by atoms with Crippen molar-refractivity contribution in [3.8, 4) is 0 Å². The van der Waals surface area contributed by atoms with Gasteiger partial charge in [-0.25, -0.2) is 0 Å². The van der Waals surface area contributed by atoms with Crippen LogP contribution in [0.1, 0.15) is 278 Å². The fourth-order valence-corrected chi connectivity index (χ4v) is 7.84. The van der Waals surface area contributed by atoms with Crippen molar-refractivity contribution in [3.05, 3.63) is 60.8 Å². The summed E-state index contributed by atoms with van der Waals surface area (Å²) >= 11 is 0. The van der Waals surface area contributed by atoms with E-state index in [1.54, 1.807) is 0 Å². The number of allylic oxidation sites excluding steroid dienone is 10. The highest BCUT2D eigenvalue weighted by Crippen LogP contribution is 2.15. The first-order valence-corrected chi connectivity index (χ1v) is 27.8. The molecule has 0 radical (unpaired) electrons. The first-order chi connectivity index (χ1) is 32.0. The van der Waals surface area contributed by atoms with E-state index < -0.39 is 6.10 Å². The van der Waals surface area contributed by atoms with Crippen LogP contribution in [0, 0.1) is 0 Å². The molecule has 1 atom stereocenters. The lowest BCUT2D eigenvalue weighted by Crippen LogP contribution is -2.30. The Kier molecular flexibility index (Phi) is 51.3. The van der Waals surface area contributed by atoms with E-state index in [4.69, 9.17) is 14.2 Å². The monoisotopic (exact) mass is 909 g/mol. The van der Waals surface area contributed by atoms with Crippen LogP contribution in [0.3, 0.4) is 0 Å². The van der Waals surface area contributed by atoms with E-state index in [-0.39, 0.29) is 31.1 Å².